The minimum Gasteiger partial charge on any atom is -0.497 e. The van der Waals surface area contributed by atoms with Crippen LogP contribution in [0.25, 0.3) is 0 Å². The van der Waals surface area contributed by atoms with Crippen LogP contribution in [0.1, 0.15) is 16.7 Å². The first kappa shape index (κ1) is 25.1. The van der Waals surface area contributed by atoms with E-state index in [0.717, 1.165) is 16.7 Å². The first-order valence-corrected chi connectivity index (χ1v) is 11.3. The van der Waals surface area contributed by atoms with Gasteiger partial charge in [0.15, 0.2) is 6.29 Å². The van der Waals surface area contributed by atoms with E-state index in [-0.39, 0.29) is 6.61 Å². The Bertz CT molecular complexity index is 1020. The lowest BCUT2D eigenvalue weighted by atomic mass is 9.80. The molecule has 0 aliphatic carbocycles. The summed E-state index contributed by atoms with van der Waals surface area (Å²) in [5.41, 5.74) is 1.21. The third-order valence-electron chi connectivity index (χ3n) is 6.32. The zero-order valence-electron chi connectivity index (χ0n) is 19.5. The predicted octanol–water partition coefficient (Wildman–Crippen LogP) is 1.81. The van der Waals surface area contributed by atoms with E-state index in [1.807, 2.05) is 78.9 Å². The minimum absolute atomic E-state index is 0.199. The summed E-state index contributed by atoms with van der Waals surface area (Å²) < 4.78 is 22.7. The van der Waals surface area contributed by atoms with E-state index < -0.39 is 36.3 Å². The highest BCUT2D eigenvalue weighted by atomic mass is 16.6. The van der Waals surface area contributed by atoms with Gasteiger partial charge in [0.1, 0.15) is 41.5 Å². The summed E-state index contributed by atoms with van der Waals surface area (Å²) in [6.07, 6.45) is -7.42. The van der Waals surface area contributed by atoms with Gasteiger partial charge in [-0.2, -0.15) is 0 Å². The topological polar surface area (TPSA) is 118 Å². The largest absolute Gasteiger partial charge is 0.497 e. The smallest absolute Gasteiger partial charge is 0.184 e. The molecule has 3 aromatic carbocycles. The number of aliphatic hydroxyl groups excluding tert-OH is 4. The summed E-state index contributed by atoms with van der Waals surface area (Å²) in [5.74, 6) is 1.36. The highest BCUT2D eigenvalue weighted by Crippen LogP contribution is 2.42. The molecule has 5 atom stereocenters. The van der Waals surface area contributed by atoms with Crippen molar-refractivity contribution in [2.45, 2.75) is 36.3 Å². The third kappa shape index (κ3) is 4.90. The Labute approximate surface area is 203 Å². The summed E-state index contributed by atoms with van der Waals surface area (Å²) in [7, 11) is 3.18. The van der Waals surface area contributed by atoms with Gasteiger partial charge in [-0.3, -0.25) is 0 Å². The molecule has 1 aliphatic rings. The number of rotatable bonds is 8. The highest BCUT2D eigenvalue weighted by molar-refractivity contribution is 5.49. The van der Waals surface area contributed by atoms with E-state index in [2.05, 4.69) is 0 Å². The predicted molar refractivity (Wildman–Crippen MR) is 127 cm³/mol. The maximum absolute atomic E-state index is 10.5. The fourth-order valence-electron chi connectivity index (χ4n) is 4.35. The highest BCUT2D eigenvalue weighted by Gasteiger charge is 2.45. The van der Waals surface area contributed by atoms with Crippen LogP contribution in [-0.4, -0.2) is 72.0 Å². The second-order valence-electron chi connectivity index (χ2n) is 8.35. The van der Waals surface area contributed by atoms with Crippen LogP contribution in [0.3, 0.4) is 0 Å². The van der Waals surface area contributed by atoms with E-state index >= 15 is 0 Å². The van der Waals surface area contributed by atoms with Gasteiger partial charge in [0.2, 0.25) is 0 Å². The van der Waals surface area contributed by atoms with Gasteiger partial charge in [-0.1, -0.05) is 54.6 Å². The molecule has 0 saturated carbocycles. The van der Waals surface area contributed by atoms with Crippen molar-refractivity contribution in [1.82, 2.24) is 0 Å². The van der Waals surface area contributed by atoms with Crippen molar-refractivity contribution in [3.63, 3.8) is 0 Å². The molecule has 0 spiro atoms. The number of benzene rings is 3. The second kappa shape index (κ2) is 10.7. The quantitative estimate of drug-likeness (QED) is 0.359. The minimum atomic E-state index is -1.66. The Kier molecular flexibility index (Phi) is 7.71. The summed E-state index contributed by atoms with van der Waals surface area (Å²) >= 11 is 0. The molecule has 1 heterocycles. The Morgan fingerprint density at radius 2 is 1.14 bits per heavy atom. The van der Waals surface area contributed by atoms with Crippen molar-refractivity contribution >= 4 is 0 Å². The standard InChI is InChI=1S/C27H30O8/c1-32-20-12-8-18(9-13-20)27(17-6-4-3-5-7-17,19-10-14-21(33-2)15-11-19)34-16-22-23(28)24(29)25(30)26(31)35-22/h3-15,22-26,28-31H,16H2,1-2H3/t22-,23-,24+,25+,26?/m1/s1. The van der Waals surface area contributed by atoms with Crippen molar-refractivity contribution in [2.75, 3.05) is 20.8 Å². The molecule has 8 heteroatoms. The molecule has 8 nitrogen and oxygen atoms in total. The van der Waals surface area contributed by atoms with Crippen molar-refractivity contribution in [3.05, 3.63) is 95.6 Å². The van der Waals surface area contributed by atoms with Crippen LogP contribution in [0.2, 0.25) is 0 Å². The molecule has 0 aromatic heterocycles. The van der Waals surface area contributed by atoms with Gasteiger partial charge in [-0.05, 0) is 41.0 Å². The molecule has 186 valence electrons. The number of ether oxygens (including phenoxy) is 4. The van der Waals surface area contributed by atoms with E-state index in [4.69, 9.17) is 18.9 Å². The summed E-state index contributed by atoms with van der Waals surface area (Å²) in [6.45, 7) is -0.199. The second-order valence-corrected chi connectivity index (χ2v) is 8.35. The van der Waals surface area contributed by atoms with Gasteiger partial charge in [-0.15, -0.1) is 0 Å². The van der Waals surface area contributed by atoms with Crippen LogP contribution in [0, 0.1) is 0 Å². The van der Waals surface area contributed by atoms with Crippen molar-refractivity contribution < 1.29 is 39.4 Å². The number of methoxy groups -OCH3 is 2. The fraction of sp³-hybridized carbons (Fsp3) is 0.333. The van der Waals surface area contributed by atoms with Crippen molar-refractivity contribution in [1.29, 1.82) is 0 Å². The molecule has 1 fully saturated rings. The van der Waals surface area contributed by atoms with Crippen molar-refractivity contribution in [2.24, 2.45) is 0 Å². The third-order valence-corrected chi connectivity index (χ3v) is 6.32. The first-order valence-electron chi connectivity index (χ1n) is 11.3. The van der Waals surface area contributed by atoms with Crippen LogP contribution < -0.4 is 9.47 Å². The molecule has 35 heavy (non-hydrogen) atoms. The Morgan fingerprint density at radius 3 is 1.63 bits per heavy atom. The lowest BCUT2D eigenvalue weighted by molar-refractivity contribution is -0.291. The molecule has 0 radical (unpaired) electrons. The van der Waals surface area contributed by atoms with E-state index in [1.165, 1.54) is 0 Å². The molecule has 4 rings (SSSR count). The van der Waals surface area contributed by atoms with Gasteiger partial charge in [0.25, 0.3) is 0 Å². The molecule has 0 bridgehead atoms. The number of aliphatic hydroxyl groups is 4. The van der Waals surface area contributed by atoms with Crippen LogP contribution in [0.4, 0.5) is 0 Å². The zero-order chi connectivity index (χ0) is 25.0. The van der Waals surface area contributed by atoms with Crippen LogP contribution in [0.5, 0.6) is 11.5 Å². The first-order chi connectivity index (χ1) is 16.9. The van der Waals surface area contributed by atoms with Gasteiger partial charge in [0.05, 0.1) is 20.8 Å². The average Bonchev–Trinajstić information content (AvgIpc) is 2.91. The molecule has 0 amide bonds. The summed E-state index contributed by atoms with van der Waals surface area (Å²) in [5, 5.41) is 40.5. The molecular formula is C27H30O8. The fourth-order valence-corrected chi connectivity index (χ4v) is 4.35. The molecule has 3 aromatic rings. The lowest BCUT2D eigenvalue weighted by Crippen LogP contribution is -2.59. The SMILES string of the molecule is COc1ccc(C(OC[C@H]2OC(O)[C@@H](O)[C@@H](O)[C@@H]2O)(c2ccccc2)c2ccc(OC)cc2)cc1. The Balaban J connectivity index is 1.82. The monoisotopic (exact) mass is 482 g/mol. The van der Waals surface area contributed by atoms with Crippen LogP contribution in [0.15, 0.2) is 78.9 Å². The molecular weight excluding hydrogens is 452 g/mol. The Morgan fingerprint density at radius 1 is 0.657 bits per heavy atom. The van der Waals surface area contributed by atoms with Gasteiger partial charge >= 0.3 is 0 Å². The maximum Gasteiger partial charge on any atom is 0.184 e. The van der Waals surface area contributed by atoms with Crippen molar-refractivity contribution in [3.8, 4) is 11.5 Å². The van der Waals surface area contributed by atoms with Gasteiger partial charge < -0.3 is 39.4 Å². The summed E-state index contributed by atoms with van der Waals surface area (Å²) in [4.78, 5) is 0. The zero-order valence-corrected chi connectivity index (χ0v) is 19.5. The van der Waals surface area contributed by atoms with E-state index in [0.29, 0.717) is 11.5 Å². The van der Waals surface area contributed by atoms with E-state index in [1.54, 1.807) is 14.2 Å². The molecule has 1 unspecified atom stereocenters. The number of hydrogen-bond acceptors (Lipinski definition) is 8. The Hall–Kier alpha value is -2.98. The molecule has 1 aliphatic heterocycles. The normalized spacial score (nSPS) is 24.7. The summed E-state index contributed by atoms with van der Waals surface area (Å²) in [6, 6.07) is 24.4. The van der Waals surface area contributed by atoms with Crippen LogP contribution >= 0.6 is 0 Å². The van der Waals surface area contributed by atoms with Gasteiger partial charge in [-0.25, -0.2) is 0 Å². The average molecular weight is 483 g/mol. The van der Waals surface area contributed by atoms with Crippen LogP contribution in [-0.2, 0) is 15.1 Å². The molecule has 4 N–H and O–H groups in total. The van der Waals surface area contributed by atoms with E-state index in [9.17, 15) is 20.4 Å². The lowest BCUT2D eigenvalue weighted by Gasteiger charge is -2.41. The number of hydrogen-bond donors (Lipinski definition) is 4. The maximum atomic E-state index is 10.5. The van der Waals surface area contributed by atoms with Gasteiger partial charge in [0, 0.05) is 0 Å². The molecule has 1 saturated heterocycles.